The second-order valence-corrected chi connectivity index (χ2v) is 5.12. The summed E-state index contributed by atoms with van der Waals surface area (Å²) in [5.74, 6) is 1.31. The number of nitrogens with zero attached hydrogens (tertiary/aromatic N) is 4. The summed E-state index contributed by atoms with van der Waals surface area (Å²) in [7, 11) is 1.61. The quantitative estimate of drug-likeness (QED) is 0.627. The zero-order chi connectivity index (χ0) is 16.5. The lowest BCUT2D eigenvalue weighted by atomic mass is 10.3. The van der Waals surface area contributed by atoms with Gasteiger partial charge in [-0.05, 0) is 30.3 Å². The van der Waals surface area contributed by atoms with Gasteiger partial charge in [0, 0.05) is 18.5 Å². The van der Waals surface area contributed by atoms with Gasteiger partial charge in [0.25, 0.3) is 5.91 Å². The van der Waals surface area contributed by atoms with Gasteiger partial charge < -0.3 is 10.1 Å². The summed E-state index contributed by atoms with van der Waals surface area (Å²) in [4.78, 5) is 25.2. The summed E-state index contributed by atoms with van der Waals surface area (Å²) in [5, 5.41) is 2.71. The minimum atomic E-state index is -0.333. The van der Waals surface area contributed by atoms with Crippen LogP contribution in [0.25, 0.3) is 16.8 Å². The van der Waals surface area contributed by atoms with Crippen LogP contribution in [0.15, 0.2) is 54.9 Å². The number of hydrogen-bond donors (Lipinski definition) is 1. The van der Waals surface area contributed by atoms with Crippen LogP contribution in [0.1, 0.15) is 10.5 Å². The summed E-state index contributed by atoms with van der Waals surface area (Å²) >= 11 is 0. The number of ether oxygens (including phenoxy) is 1. The van der Waals surface area contributed by atoms with E-state index in [9.17, 15) is 4.79 Å². The van der Waals surface area contributed by atoms with Gasteiger partial charge in [0.05, 0.1) is 18.1 Å². The Morgan fingerprint density at radius 1 is 1.17 bits per heavy atom. The highest BCUT2D eigenvalue weighted by molar-refractivity contribution is 6.02. The predicted molar refractivity (Wildman–Crippen MR) is 89.2 cm³/mol. The number of methoxy groups -OCH3 is 1. The van der Waals surface area contributed by atoms with Crippen LogP contribution in [0.4, 0.5) is 5.82 Å². The first kappa shape index (κ1) is 14.1. The first-order chi connectivity index (χ1) is 11.7. The van der Waals surface area contributed by atoms with Gasteiger partial charge in [-0.2, -0.15) is 0 Å². The Hall–Kier alpha value is -3.48. The van der Waals surface area contributed by atoms with Gasteiger partial charge in [-0.3, -0.25) is 9.20 Å². The fraction of sp³-hybridized carbons (Fsp3) is 0.0588. The van der Waals surface area contributed by atoms with E-state index >= 15 is 0 Å². The van der Waals surface area contributed by atoms with Crippen LogP contribution in [0.2, 0.25) is 0 Å². The second kappa shape index (κ2) is 5.62. The van der Waals surface area contributed by atoms with Crippen LogP contribution in [-0.4, -0.2) is 32.4 Å². The van der Waals surface area contributed by atoms with Gasteiger partial charge in [0.1, 0.15) is 17.3 Å². The molecule has 0 unspecified atom stereocenters. The van der Waals surface area contributed by atoms with Gasteiger partial charge in [0.2, 0.25) is 5.78 Å². The molecular weight excluding hydrogens is 306 g/mol. The molecular formula is C17H13N5O2. The molecule has 7 heteroatoms. The molecule has 4 rings (SSSR count). The maximum atomic E-state index is 12.3. The molecule has 4 aromatic rings. The number of imidazole rings is 1. The summed E-state index contributed by atoms with van der Waals surface area (Å²) in [6, 6.07) is 12.5. The first-order valence-corrected chi connectivity index (χ1v) is 7.30. The summed E-state index contributed by atoms with van der Waals surface area (Å²) in [6.45, 7) is 0. The summed E-state index contributed by atoms with van der Waals surface area (Å²) in [5.41, 5.74) is 1.93. The fourth-order valence-corrected chi connectivity index (χ4v) is 2.45. The highest BCUT2D eigenvalue weighted by Crippen LogP contribution is 2.21. The molecule has 1 aromatic carbocycles. The number of fused-ring (bicyclic) bond motifs is 3. The van der Waals surface area contributed by atoms with E-state index < -0.39 is 0 Å². The molecule has 0 saturated heterocycles. The van der Waals surface area contributed by atoms with E-state index in [0.717, 1.165) is 16.8 Å². The number of benzene rings is 1. The van der Waals surface area contributed by atoms with Crippen LogP contribution < -0.4 is 10.1 Å². The summed E-state index contributed by atoms with van der Waals surface area (Å²) in [6.07, 6.45) is 3.39. The number of hydrogen-bond acceptors (Lipinski definition) is 5. The van der Waals surface area contributed by atoms with E-state index in [2.05, 4.69) is 20.3 Å². The molecule has 3 heterocycles. The van der Waals surface area contributed by atoms with Crippen LogP contribution in [0.5, 0.6) is 5.75 Å². The lowest BCUT2D eigenvalue weighted by molar-refractivity contribution is 0.102. The standard InChI is InChI=1S/C17H13N5O2/c1-24-11-5-6-14-13(10-11)20-17-19-12(7-9-22(14)17)16(23)21-15-4-2-3-8-18-15/h2-10H,1H3,(H,18,21,23). The molecule has 0 bridgehead atoms. The third kappa shape index (κ3) is 2.41. The van der Waals surface area contributed by atoms with Crippen LogP contribution in [0, 0.1) is 0 Å². The SMILES string of the molecule is COc1ccc2c(c1)nc1nc(C(=O)Nc3ccccn3)ccn12. The van der Waals surface area contributed by atoms with Gasteiger partial charge in [-0.25, -0.2) is 15.0 Å². The van der Waals surface area contributed by atoms with Crippen molar-refractivity contribution in [3.05, 3.63) is 60.6 Å². The van der Waals surface area contributed by atoms with Crippen molar-refractivity contribution >= 4 is 28.5 Å². The van der Waals surface area contributed by atoms with Crippen molar-refractivity contribution in [1.29, 1.82) is 0 Å². The van der Waals surface area contributed by atoms with Crippen molar-refractivity contribution in [2.75, 3.05) is 12.4 Å². The Balaban J connectivity index is 1.72. The van der Waals surface area contributed by atoms with Crippen molar-refractivity contribution in [2.24, 2.45) is 0 Å². The van der Waals surface area contributed by atoms with E-state index in [1.54, 1.807) is 43.8 Å². The van der Waals surface area contributed by atoms with Crippen molar-refractivity contribution < 1.29 is 9.53 Å². The molecule has 0 aliphatic carbocycles. The maximum absolute atomic E-state index is 12.3. The lowest BCUT2D eigenvalue weighted by Gasteiger charge is -2.03. The van der Waals surface area contributed by atoms with E-state index in [1.165, 1.54) is 0 Å². The van der Waals surface area contributed by atoms with Crippen LogP contribution in [0.3, 0.4) is 0 Å². The number of rotatable bonds is 3. The van der Waals surface area contributed by atoms with Crippen molar-refractivity contribution in [2.45, 2.75) is 0 Å². The molecule has 0 atom stereocenters. The molecule has 1 N–H and O–H groups in total. The third-order valence-electron chi connectivity index (χ3n) is 3.62. The van der Waals surface area contributed by atoms with Gasteiger partial charge >= 0.3 is 0 Å². The monoisotopic (exact) mass is 319 g/mol. The van der Waals surface area contributed by atoms with Crippen LogP contribution >= 0.6 is 0 Å². The lowest BCUT2D eigenvalue weighted by Crippen LogP contribution is -2.15. The molecule has 24 heavy (non-hydrogen) atoms. The highest BCUT2D eigenvalue weighted by atomic mass is 16.5. The smallest absolute Gasteiger partial charge is 0.275 e. The van der Waals surface area contributed by atoms with Gasteiger partial charge in [-0.15, -0.1) is 0 Å². The average Bonchev–Trinajstić information content (AvgIpc) is 2.99. The van der Waals surface area contributed by atoms with Gasteiger partial charge in [0.15, 0.2) is 0 Å². The van der Waals surface area contributed by atoms with Crippen molar-refractivity contribution in [3.63, 3.8) is 0 Å². The molecule has 0 fully saturated rings. The fourth-order valence-electron chi connectivity index (χ4n) is 2.45. The van der Waals surface area contributed by atoms with Crippen molar-refractivity contribution in [1.82, 2.24) is 19.4 Å². The highest BCUT2D eigenvalue weighted by Gasteiger charge is 2.12. The molecule has 0 aliphatic heterocycles. The molecule has 0 radical (unpaired) electrons. The Morgan fingerprint density at radius 2 is 2.08 bits per heavy atom. The minimum Gasteiger partial charge on any atom is -0.497 e. The maximum Gasteiger partial charge on any atom is 0.275 e. The number of carbonyl (C=O) groups is 1. The summed E-state index contributed by atoms with van der Waals surface area (Å²) < 4.78 is 7.03. The number of nitrogens with one attached hydrogen (secondary N) is 1. The molecule has 7 nitrogen and oxygen atoms in total. The number of pyridine rings is 1. The van der Waals surface area contributed by atoms with Crippen LogP contribution in [-0.2, 0) is 0 Å². The first-order valence-electron chi connectivity index (χ1n) is 7.30. The van der Waals surface area contributed by atoms with E-state index in [0.29, 0.717) is 11.6 Å². The van der Waals surface area contributed by atoms with E-state index in [4.69, 9.17) is 4.74 Å². The topological polar surface area (TPSA) is 81.4 Å². The third-order valence-corrected chi connectivity index (χ3v) is 3.62. The number of anilines is 1. The number of aromatic nitrogens is 4. The van der Waals surface area contributed by atoms with E-state index in [1.807, 2.05) is 22.6 Å². The second-order valence-electron chi connectivity index (χ2n) is 5.12. The largest absolute Gasteiger partial charge is 0.497 e. The molecule has 1 amide bonds. The predicted octanol–water partition coefficient (Wildman–Crippen LogP) is 2.54. The number of amides is 1. The zero-order valence-electron chi connectivity index (χ0n) is 12.8. The molecule has 3 aromatic heterocycles. The normalized spacial score (nSPS) is 10.9. The Labute approximate surface area is 137 Å². The Kier molecular flexibility index (Phi) is 3.31. The minimum absolute atomic E-state index is 0.274. The van der Waals surface area contributed by atoms with Crippen molar-refractivity contribution in [3.8, 4) is 5.75 Å². The Morgan fingerprint density at radius 3 is 2.88 bits per heavy atom. The molecule has 0 saturated carbocycles. The van der Waals surface area contributed by atoms with Gasteiger partial charge in [-0.1, -0.05) is 6.07 Å². The Bertz CT molecular complexity index is 1040. The molecule has 118 valence electrons. The zero-order valence-corrected chi connectivity index (χ0v) is 12.8. The molecule has 0 aliphatic rings. The molecule has 0 spiro atoms. The van der Waals surface area contributed by atoms with E-state index in [-0.39, 0.29) is 11.6 Å². The average molecular weight is 319 g/mol. The number of carbonyl (C=O) groups excluding carboxylic acids is 1.